The molecular formula is C22H36N4. The Morgan fingerprint density at radius 1 is 1.31 bits per heavy atom. The second kappa shape index (κ2) is 11.7. The number of aliphatic imine (C=N–C) groups is 1. The van der Waals surface area contributed by atoms with Crippen molar-refractivity contribution in [3.05, 3.63) is 28.8 Å². The molecule has 0 aliphatic carbocycles. The van der Waals surface area contributed by atoms with Crippen LogP contribution in [0.3, 0.4) is 0 Å². The molecule has 4 heteroatoms. The number of hydrogen-bond acceptors (Lipinski definition) is 3. The first kappa shape index (κ1) is 22.2. The minimum absolute atomic E-state index is 0.504. The molecule has 1 aromatic rings. The van der Waals surface area contributed by atoms with E-state index in [1.807, 2.05) is 25.1 Å². The van der Waals surface area contributed by atoms with Gasteiger partial charge in [-0.15, -0.1) is 0 Å². The normalized spacial score (nSPS) is 13.6. The largest absolute Gasteiger partial charge is 0.369 e. The van der Waals surface area contributed by atoms with E-state index < -0.39 is 0 Å². The zero-order valence-corrected chi connectivity index (χ0v) is 17.5. The van der Waals surface area contributed by atoms with E-state index in [1.165, 1.54) is 18.4 Å². The predicted molar refractivity (Wildman–Crippen MR) is 112 cm³/mol. The van der Waals surface area contributed by atoms with Crippen LogP contribution in [0.4, 0.5) is 5.69 Å². The predicted octanol–water partition coefficient (Wildman–Crippen LogP) is 4.83. The fourth-order valence-corrected chi connectivity index (χ4v) is 3.09. The minimum atomic E-state index is 0.504. The van der Waals surface area contributed by atoms with Crippen molar-refractivity contribution in [2.75, 3.05) is 20.6 Å². The maximum atomic E-state index is 9.73. The monoisotopic (exact) mass is 356 g/mol. The molecule has 26 heavy (non-hydrogen) atoms. The summed E-state index contributed by atoms with van der Waals surface area (Å²) < 4.78 is 0. The fraction of sp³-hybridized carbons (Fsp3) is 0.636. The van der Waals surface area contributed by atoms with E-state index in [9.17, 15) is 5.26 Å². The van der Waals surface area contributed by atoms with Crippen LogP contribution in [0.2, 0.25) is 0 Å². The number of benzene rings is 1. The number of nitrogens with zero attached hydrogens (tertiary/aromatic N) is 3. The van der Waals surface area contributed by atoms with Crippen molar-refractivity contribution >= 4 is 12.0 Å². The van der Waals surface area contributed by atoms with Crippen molar-refractivity contribution in [1.82, 2.24) is 10.2 Å². The Morgan fingerprint density at radius 2 is 2.04 bits per heavy atom. The molecule has 0 saturated heterocycles. The highest BCUT2D eigenvalue weighted by Gasteiger charge is 2.16. The van der Waals surface area contributed by atoms with Crippen LogP contribution in [0, 0.1) is 24.2 Å². The van der Waals surface area contributed by atoms with Crippen LogP contribution in [-0.4, -0.2) is 37.9 Å². The highest BCUT2D eigenvalue weighted by atomic mass is 15.1. The highest BCUT2D eigenvalue weighted by molar-refractivity contribution is 5.67. The van der Waals surface area contributed by atoms with E-state index in [0.29, 0.717) is 6.04 Å². The lowest BCUT2D eigenvalue weighted by atomic mass is 9.91. The quantitative estimate of drug-likeness (QED) is 0.456. The Hall–Kier alpha value is -1.86. The topological polar surface area (TPSA) is 51.4 Å². The zero-order valence-electron chi connectivity index (χ0n) is 17.5. The first-order chi connectivity index (χ1) is 12.4. The molecule has 0 radical (unpaired) electrons. The Bertz CT molecular complexity index is 613. The second-order valence-corrected chi connectivity index (χ2v) is 7.51. The maximum absolute atomic E-state index is 9.73. The molecule has 0 aliphatic heterocycles. The molecule has 1 rings (SSSR count). The third-order valence-corrected chi connectivity index (χ3v) is 4.87. The third-order valence-electron chi connectivity index (χ3n) is 4.87. The van der Waals surface area contributed by atoms with Gasteiger partial charge in [0, 0.05) is 20.1 Å². The summed E-state index contributed by atoms with van der Waals surface area (Å²) in [6.45, 7) is 9.93. The number of rotatable bonds is 11. The van der Waals surface area contributed by atoms with Crippen LogP contribution in [0.25, 0.3) is 0 Å². The Kier molecular flexibility index (Phi) is 9.98. The summed E-state index contributed by atoms with van der Waals surface area (Å²) in [6.07, 6.45) is 7.27. The van der Waals surface area contributed by atoms with Gasteiger partial charge in [-0.2, -0.15) is 5.26 Å². The molecule has 2 unspecified atom stereocenters. The van der Waals surface area contributed by atoms with Gasteiger partial charge >= 0.3 is 0 Å². The summed E-state index contributed by atoms with van der Waals surface area (Å²) in [7, 11) is 3.87. The van der Waals surface area contributed by atoms with Crippen LogP contribution in [0.1, 0.15) is 63.1 Å². The molecule has 0 saturated carbocycles. The number of hydrogen-bond donors (Lipinski definition) is 1. The summed E-state index contributed by atoms with van der Waals surface area (Å²) in [4.78, 5) is 6.37. The molecule has 0 fully saturated rings. The molecule has 0 heterocycles. The van der Waals surface area contributed by atoms with E-state index in [0.717, 1.165) is 48.5 Å². The van der Waals surface area contributed by atoms with Crippen LogP contribution >= 0.6 is 0 Å². The smallest absolute Gasteiger partial charge is 0.102 e. The Labute approximate surface area is 160 Å². The zero-order chi connectivity index (χ0) is 19.5. The summed E-state index contributed by atoms with van der Waals surface area (Å²) >= 11 is 0. The second-order valence-electron chi connectivity index (χ2n) is 7.51. The molecule has 1 N–H and O–H groups in total. The number of nitrogens with one attached hydrogen (secondary N) is 1. The van der Waals surface area contributed by atoms with Crippen molar-refractivity contribution in [3.8, 4) is 6.07 Å². The van der Waals surface area contributed by atoms with Gasteiger partial charge in [0.25, 0.3) is 0 Å². The van der Waals surface area contributed by atoms with E-state index in [1.54, 1.807) is 6.34 Å². The van der Waals surface area contributed by atoms with Gasteiger partial charge in [0.2, 0.25) is 0 Å². The Balaban J connectivity index is 2.98. The van der Waals surface area contributed by atoms with Gasteiger partial charge in [0.1, 0.15) is 6.07 Å². The molecule has 0 aliphatic rings. The third kappa shape index (κ3) is 7.17. The van der Waals surface area contributed by atoms with Gasteiger partial charge in [-0.05, 0) is 62.3 Å². The number of nitriles is 1. The molecule has 4 nitrogen and oxygen atoms in total. The first-order valence-electron chi connectivity index (χ1n) is 9.89. The van der Waals surface area contributed by atoms with Crippen LogP contribution in [-0.2, 0) is 6.42 Å². The van der Waals surface area contributed by atoms with Gasteiger partial charge in [-0.1, -0.05) is 33.3 Å². The van der Waals surface area contributed by atoms with Crippen molar-refractivity contribution in [2.24, 2.45) is 10.9 Å². The lowest BCUT2D eigenvalue weighted by Gasteiger charge is -2.22. The van der Waals surface area contributed by atoms with E-state index in [-0.39, 0.29) is 0 Å². The Morgan fingerprint density at radius 3 is 2.62 bits per heavy atom. The SMILES string of the molecule is CCCNC(CCc1c(C)ccc(N=CN(C)C)c1C#N)CC(C)CC. The number of aryl methyl sites for hydroxylation is 1. The molecule has 144 valence electrons. The van der Waals surface area contributed by atoms with E-state index >= 15 is 0 Å². The first-order valence-corrected chi connectivity index (χ1v) is 9.89. The van der Waals surface area contributed by atoms with Gasteiger partial charge in [-0.3, -0.25) is 0 Å². The van der Waals surface area contributed by atoms with Crippen LogP contribution in [0.5, 0.6) is 0 Å². The summed E-state index contributed by atoms with van der Waals surface area (Å²) in [5.74, 6) is 0.719. The standard InChI is InChI=1S/C22H36N4/c1-7-13-24-19(14-17(3)8-2)10-11-20-18(4)9-12-22(21(20)15-23)25-16-26(5)6/h9,12,16-17,19,24H,7-8,10-11,13-14H2,1-6H3. The average molecular weight is 357 g/mol. The van der Waals surface area contributed by atoms with Gasteiger partial charge in [0.05, 0.1) is 17.6 Å². The maximum Gasteiger partial charge on any atom is 0.102 e. The highest BCUT2D eigenvalue weighted by Crippen LogP contribution is 2.27. The molecule has 2 atom stereocenters. The van der Waals surface area contributed by atoms with Crippen molar-refractivity contribution in [1.29, 1.82) is 5.26 Å². The fourth-order valence-electron chi connectivity index (χ4n) is 3.09. The van der Waals surface area contributed by atoms with E-state index in [4.69, 9.17) is 0 Å². The summed E-state index contributed by atoms with van der Waals surface area (Å²) in [5, 5.41) is 13.4. The van der Waals surface area contributed by atoms with Crippen molar-refractivity contribution in [3.63, 3.8) is 0 Å². The lowest BCUT2D eigenvalue weighted by molar-refractivity contribution is 0.377. The van der Waals surface area contributed by atoms with Gasteiger partial charge < -0.3 is 10.2 Å². The van der Waals surface area contributed by atoms with E-state index in [2.05, 4.69) is 50.1 Å². The summed E-state index contributed by atoms with van der Waals surface area (Å²) in [5.41, 5.74) is 3.82. The molecule has 0 spiro atoms. The minimum Gasteiger partial charge on any atom is -0.369 e. The van der Waals surface area contributed by atoms with Crippen LogP contribution in [0.15, 0.2) is 17.1 Å². The van der Waals surface area contributed by atoms with Crippen molar-refractivity contribution in [2.45, 2.75) is 65.8 Å². The van der Waals surface area contributed by atoms with Gasteiger partial charge in [0.15, 0.2) is 0 Å². The van der Waals surface area contributed by atoms with Gasteiger partial charge in [-0.25, -0.2) is 4.99 Å². The lowest BCUT2D eigenvalue weighted by Crippen LogP contribution is -2.32. The average Bonchev–Trinajstić information content (AvgIpc) is 2.62. The molecule has 0 aromatic heterocycles. The molecule has 0 amide bonds. The summed E-state index contributed by atoms with van der Waals surface area (Å²) in [6, 6.07) is 6.93. The van der Waals surface area contributed by atoms with Crippen LogP contribution < -0.4 is 5.32 Å². The molecule has 1 aromatic carbocycles. The van der Waals surface area contributed by atoms with Crippen molar-refractivity contribution < 1.29 is 0 Å². The molecule has 0 bridgehead atoms. The molecular weight excluding hydrogens is 320 g/mol.